The van der Waals surface area contributed by atoms with Gasteiger partial charge in [0, 0.05) is 25.6 Å². The van der Waals surface area contributed by atoms with Crippen LogP contribution in [0.3, 0.4) is 0 Å². The Morgan fingerprint density at radius 3 is 2.80 bits per heavy atom. The third-order valence-electron chi connectivity index (χ3n) is 6.65. The summed E-state index contributed by atoms with van der Waals surface area (Å²) in [5.41, 5.74) is 1.48. The molecule has 0 aliphatic carbocycles. The standard InChI is InChI=1S/C25H32N2O3/c1-18(2)11-12-26(16-22-8-5-13-30-22)24(29)25(20-7-4-6-19(3)14-20)15-21-9-10-23(28)27(21)17-25/h4-8,13-14,18,21H,9-12,15-17H2,1-3H3/t21-,25-/m0/s1. The maximum atomic E-state index is 14.2. The van der Waals surface area contributed by atoms with E-state index in [1.54, 1.807) is 6.26 Å². The highest BCUT2D eigenvalue weighted by Gasteiger charge is 2.54. The molecule has 5 nitrogen and oxygen atoms in total. The first-order chi connectivity index (χ1) is 14.4. The highest BCUT2D eigenvalue weighted by atomic mass is 16.3. The van der Waals surface area contributed by atoms with Crippen molar-refractivity contribution in [1.82, 2.24) is 9.80 Å². The Hall–Kier alpha value is -2.56. The van der Waals surface area contributed by atoms with E-state index in [1.165, 1.54) is 0 Å². The van der Waals surface area contributed by atoms with E-state index in [2.05, 4.69) is 39.0 Å². The van der Waals surface area contributed by atoms with Gasteiger partial charge in [-0.1, -0.05) is 43.7 Å². The van der Waals surface area contributed by atoms with Crippen molar-refractivity contribution in [3.05, 3.63) is 59.5 Å². The second kappa shape index (κ2) is 8.29. The predicted octanol–water partition coefficient (Wildman–Crippen LogP) is 4.30. The third-order valence-corrected chi connectivity index (χ3v) is 6.65. The summed E-state index contributed by atoms with van der Waals surface area (Å²) in [5, 5.41) is 0. The van der Waals surface area contributed by atoms with Crippen molar-refractivity contribution in [3.8, 4) is 0 Å². The minimum atomic E-state index is -0.684. The van der Waals surface area contributed by atoms with Crippen molar-refractivity contribution >= 4 is 11.8 Å². The largest absolute Gasteiger partial charge is 0.467 e. The van der Waals surface area contributed by atoms with Crippen molar-refractivity contribution in [3.63, 3.8) is 0 Å². The Morgan fingerprint density at radius 1 is 1.30 bits per heavy atom. The minimum absolute atomic E-state index is 0.118. The fourth-order valence-corrected chi connectivity index (χ4v) is 4.97. The molecule has 2 saturated heterocycles. The van der Waals surface area contributed by atoms with Crippen LogP contribution in [-0.2, 0) is 21.5 Å². The van der Waals surface area contributed by atoms with Crippen LogP contribution in [0.2, 0.25) is 0 Å². The number of carbonyl (C=O) groups excluding carboxylic acids is 2. The first-order valence-corrected chi connectivity index (χ1v) is 11.1. The SMILES string of the molecule is Cc1cccc([C@]2(C(=O)N(CCC(C)C)Cc3ccco3)C[C@@H]3CCC(=O)N3C2)c1. The van der Waals surface area contributed by atoms with E-state index in [9.17, 15) is 9.59 Å². The number of fused-ring (bicyclic) bond motifs is 1. The zero-order valence-electron chi connectivity index (χ0n) is 18.3. The van der Waals surface area contributed by atoms with Gasteiger partial charge < -0.3 is 14.2 Å². The van der Waals surface area contributed by atoms with Crippen LogP contribution in [-0.4, -0.2) is 40.7 Å². The zero-order valence-corrected chi connectivity index (χ0v) is 18.3. The predicted molar refractivity (Wildman–Crippen MR) is 116 cm³/mol. The molecular formula is C25H32N2O3. The van der Waals surface area contributed by atoms with Gasteiger partial charge in [0.2, 0.25) is 11.8 Å². The third kappa shape index (κ3) is 3.90. The molecule has 2 aliphatic heterocycles. The normalized spacial score (nSPS) is 23.3. The molecule has 0 spiro atoms. The van der Waals surface area contributed by atoms with E-state index in [0.29, 0.717) is 38.4 Å². The van der Waals surface area contributed by atoms with Gasteiger partial charge in [-0.25, -0.2) is 0 Å². The molecule has 2 fully saturated rings. The highest BCUT2D eigenvalue weighted by molar-refractivity contribution is 5.91. The van der Waals surface area contributed by atoms with Gasteiger partial charge >= 0.3 is 0 Å². The van der Waals surface area contributed by atoms with Gasteiger partial charge in [-0.2, -0.15) is 0 Å². The monoisotopic (exact) mass is 408 g/mol. The Kier molecular flexibility index (Phi) is 5.72. The molecule has 2 aliphatic rings. The van der Waals surface area contributed by atoms with Crippen LogP contribution in [0.4, 0.5) is 0 Å². The molecule has 0 unspecified atom stereocenters. The summed E-state index contributed by atoms with van der Waals surface area (Å²) in [6.45, 7) is 8.04. The Balaban J connectivity index is 1.71. The second-order valence-corrected chi connectivity index (χ2v) is 9.36. The first-order valence-electron chi connectivity index (χ1n) is 11.1. The number of amides is 2. The van der Waals surface area contributed by atoms with Gasteiger partial charge in [0.05, 0.1) is 18.2 Å². The van der Waals surface area contributed by atoms with Gasteiger partial charge in [-0.05, 0) is 49.8 Å². The summed E-state index contributed by atoms with van der Waals surface area (Å²) >= 11 is 0. The fraction of sp³-hybridized carbons (Fsp3) is 0.520. The average Bonchev–Trinajstić information content (AvgIpc) is 3.43. The van der Waals surface area contributed by atoms with Crippen LogP contribution in [0.15, 0.2) is 47.1 Å². The summed E-state index contributed by atoms with van der Waals surface area (Å²) in [4.78, 5) is 30.6. The lowest BCUT2D eigenvalue weighted by molar-refractivity contribution is -0.138. The molecule has 2 aromatic rings. The number of aryl methyl sites for hydroxylation is 1. The van der Waals surface area contributed by atoms with Crippen LogP contribution in [0.1, 0.15) is 56.4 Å². The Labute approximate surface area is 179 Å². The van der Waals surface area contributed by atoms with E-state index in [0.717, 1.165) is 29.7 Å². The van der Waals surface area contributed by atoms with Crippen molar-refractivity contribution in [2.75, 3.05) is 13.1 Å². The first kappa shape index (κ1) is 20.7. The summed E-state index contributed by atoms with van der Waals surface area (Å²) < 4.78 is 5.57. The van der Waals surface area contributed by atoms with E-state index < -0.39 is 5.41 Å². The van der Waals surface area contributed by atoms with Crippen LogP contribution >= 0.6 is 0 Å². The molecule has 0 saturated carbocycles. The Morgan fingerprint density at radius 2 is 2.13 bits per heavy atom. The molecule has 0 radical (unpaired) electrons. The summed E-state index contributed by atoms with van der Waals surface area (Å²) in [7, 11) is 0. The molecule has 4 rings (SSSR count). The summed E-state index contributed by atoms with van der Waals surface area (Å²) in [6, 6.07) is 12.2. The van der Waals surface area contributed by atoms with Gasteiger partial charge in [0.15, 0.2) is 0 Å². The zero-order chi connectivity index (χ0) is 21.3. The average molecular weight is 409 g/mol. The quantitative estimate of drug-likeness (QED) is 0.687. The maximum Gasteiger partial charge on any atom is 0.235 e. The van der Waals surface area contributed by atoms with Gasteiger partial charge in [-0.15, -0.1) is 0 Å². The van der Waals surface area contributed by atoms with Crippen molar-refractivity contribution in [2.45, 2.75) is 64.5 Å². The molecule has 3 heterocycles. The van der Waals surface area contributed by atoms with Crippen LogP contribution < -0.4 is 0 Å². The van der Waals surface area contributed by atoms with Gasteiger partial charge in [0.1, 0.15) is 5.76 Å². The molecule has 1 aromatic heterocycles. The molecular weight excluding hydrogens is 376 g/mol. The van der Waals surface area contributed by atoms with Crippen LogP contribution in [0.25, 0.3) is 0 Å². The summed E-state index contributed by atoms with van der Waals surface area (Å²) in [5.74, 6) is 1.59. The number of nitrogens with zero attached hydrogens (tertiary/aromatic N) is 2. The molecule has 1 aromatic carbocycles. The lowest BCUT2D eigenvalue weighted by atomic mass is 9.76. The molecule has 30 heavy (non-hydrogen) atoms. The minimum Gasteiger partial charge on any atom is -0.467 e. The Bertz CT molecular complexity index is 905. The number of benzene rings is 1. The van der Waals surface area contributed by atoms with Crippen LogP contribution in [0.5, 0.6) is 0 Å². The van der Waals surface area contributed by atoms with E-state index in [-0.39, 0.29) is 17.9 Å². The second-order valence-electron chi connectivity index (χ2n) is 9.36. The number of furan rings is 1. The van der Waals surface area contributed by atoms with Crippen molar-refractivity contribution < 1.29 is 14.0 Å². The number of hydrogen-bond donors (Lipinski definition) is 0. The topological polar surface area (TPSA) is 53.8 Å². The van der Waals surface area contributed by atoms with Crippen molar-refractivity contribution in [1.29, 1.82) is 0 Å². The molecule has 0 N–H and O–H groups in total. The van der Waals surface area contributed by atoms with Gasteiger partial charge in [0.25, 0.3) is 0 Å². The van der Waals surface area contributed by atoms with Crippen LogP contribution in [0, 0.1) is 12.8 Å². The highest BCUT2D eigenvalue weighted by Crippen LogP contribution is 2.44. The lowest BCUT2D eigenvalue weighted by Gasteiger charge is -2.35. The fourth-order valence-electron chi connectivity index (χ4n) is 4.97. The van der Waals surface area contributed by atoms with E-state index in [4.69, 9.17) is 4.42 Å². The number of rotatable bonds is 7. The molecule has 0 bridgehead atoms. The van der Waals surface area contributed by atoms with E-state index in [1.807, 2.05) is 28.0 Å². The summed E-state index contributed by atoms with van der Waals surface area (Å²) in [6.07, 6.45) is 4.75. The molecule has 2 atom stereocenters. The van der Waals surface area contributed by atoms with Crippen molar-refractivity contribution in [2.24, 2.45) is 5.92 Å². The van der Waals surface area contributed by atoms with E-state index >= 15 is 0 Å². The molecule has 2 amide bonds. The number of carbonyl (C=O) groups is 2. The number of hydrogen-bond acceptors (Lipinski definition) is 3. The lowest BCUT2D eigenvalue weighted by Crippen LogP contribution is -2.49. The smallest absolute Gasteiger partial charge is 0.235 e. The molecule has 160 valence electrons. The maximum absolute atomic E-state index is 14.2. The van der Waals surface area contributed by atoms with Gasteiger partial charge in [-0.3, -0.25) is 9.59 Å². The molecule has 5 heteroatoms.